The van der Waals surface area contributed by atoms with Gasteiger partial charge in [-0.25, -0.2) is 9.56 Å². The first-order valence-electron chi connectivity index (χ1n) is 7.88. The lowest BCUT2D eigenvalue weighted by atomic mass is 10.1. The summed E-state index contributed by atoms with van der Waals surface area (Å²) in [5.74, 6) is 2.34. The topological polar surface area (TPSA) is 50.7 Å². The molecule has 0 N–H and O–H groups in total. The van der Waals surface area contributed by atoms with Crippen molar-refractivity contribution in [1.82, 2.24) is 9.56 Å². The van der Waals surface area contributed by atoms with Gasteiger partial charge in [0, 0.05) is 25.2 Å². The van der Waals surface area contributed by atoms with Gasteiger partial charge in [-0.2, -0.15) is 0 Å². The van der Waals surface area contributed by atoms with Gasteiger partial charge in [-0.05, 0) is 0 Å². The molecule has 0 atom stereocenters. The first-order valence-corrected chi connectivity index (χ1v) is 7.88. The van der Waals surface area contributed by atoms with Gasteiger partial charge in [0.2, 0.25) is 5.36 Å². The SMILES string of the molecule is COc1cc2nc3cc4c(cc3oc-2cc1=[N+](C)C)N(C)CCO4. The second-order valence-corrected chi connectivity index (χ2v) is 6.16. The van der Waals surface area contributed by atoms with Gasteiger partial charge in [-0.3, -0.25) is 0 Å². The molecular weight excluding hydrogens is 306 g/mol. The number of fused-ring (bicyclic) bond motifs is 3. The Morgan fingerprint density at radius 3 is 2.79 bits per heavy atom. The fraction of sp³-hybridized carbons (Fsp3) is 0.333. The van der Waals surface area contributed by atoms with E-state index in [1.54, 1.807) is 7.11 Å². The van der Waals surface area contributed by atoms with Crippen LogP contribution in [0.4, 0.5) is 5.69 Å². The minimum atomic E-state index is 0.680. The van der Waals surface area contributed by atoms with Crippen molar-refractivity contribution in [2.75, 3.05) is 46.3 Å². The van der Waals surface area contributed by atoms with Crippen LogP contribution in [0.1, 0.15) is 0 Å². The molecule has 0 saturated carbocycles. The van der Waals surface area contributed by atoms with E-state index in [9.17, 15) is 0 Å². The highest BCUT2D eigenvalue weighted by molar-refractivity contribution is 5.84. The Bertz CT molecular complexity index is 973. The van der Waals surface area contributed by atoms with Crippen molar-refractivity contribution >= 4 is 16.8 Å². The maximum atomic E-state index is 6.12. The summed E-state index contributed by atoms with van der Waals surface area (Å²) in [6, 6.07) is 7.80. The van der Waals surface area contributed by atoms with Gasteiger partial charge in [-0.1, -0.05) is 0 Å². The highest BCUT2D eigenvalue weighted by atomic mass is 16.5. The van der Waals surface area contributed by atoms with Crippen LogP contribution < -0.4 is 24.3 Å². The van der Waals surface area contributed by atoms with E-state index < -0.39 is 0 Å². The van der Waals surface area contributed by atoms with Crippen molar-refractivity contribution in [3.63, 3.8) is 0 Å². The molecular formula is C18H20N3O3+. The zero-order valence-electron chi connectivity index (χ0n) is 14.3. The summed E-state index contributed by atoms with van der Waals surface area (Å²) in [5.41, 5.74) is 3.30. The lowest BCUT2D eigenvalue weighted by molar-refractivity contribution is 0.311. The summed E-state index contributed by atoms with van der Waals surface area (Å²) in [6.45, 7) is 1.54. The Hall–Kier alpha value is -2.76. The van der Waals surface area contributed by atoms with Gasteiger partial charge in [0.1, 0.15) is 37.7 Å². The Morgan fingerprint density at radius 2 is 2.04 bits per heavy atom. The van der Waals surface area contributed by atoms with Crippen molar-refractivity contribution < 1.29 is 13.9 Å². The van der Waals surface area contributed by atoms with E-state index in [1.165, 1.54) is 0 Å². The molecule has 0 radical (unpaired) electrons. The zero-order chi connectivity index (χ0) is 16.8. The van der Waals surface area contributed by atoms with Crippen LogP contribution in [0.25, 0.3) is 22.6 Å². The minimum absolute atomic E-state index is 0.680. The van der Waals surface area contributed by atoms with E-state index in [1.807, 2.05) is 42.9 Å². The molecule has 1 aromatic rings. The van der Waals surface area contributed by atoms with E-state index in [-0.39, 0.29) is 0 Å². The summed E-state index contributed by atoms with van der Waals surface area (Å²) in [7, 11) is 7.66. The highest BCUT2D eigenvalue weighted by Crippen LogP contribution is 2.36. The third-order valence-electron chi connectivity index (χ3n) is 4.34. The maximum Gasteiger partial charge on any atom is 0.245 e. The van der Waals surface area contributed by atoms with Crippen molar-refractivity contribution in [1.29, 1.82) is 0 Å². The van der Waals surface area contributed by atoms with Crippen LogP contribution in [-0.4, -0.2) is 46.4 Å². The van der Waals surface area contributed by atoms with Gasteiger partial charge in [-0.15, -0.1) is 0 Å². The lowest BCUT2D eigenvalue weighted by Gasteiger charge is -2.27. The lowest BCUT2D eigenvalue weighted by Crippen LogP contribution is -2.28. The van der Waals surface area contributed by atoms with Crippen LogP contribution in [0.5, 0.6) is 11.5 Å². The molecule has 2 heterocycles. The molecule has 4 rings (SSSR count). The van der Waals surface area contributed by atoms with Crippen LogP contribution in [0.3, 0.4) is 0 Å². The fourth-order valence-electron chi connectivity index (χ4n) is 3.00. The number of likely N-dealkylation sites (N-methyl/N-ethyl adjacent to an activating group) is 1. The maximum absolute atomic E-state index is 6.12. The summed E-state index contributed by atoms with van der Waals surface area (Å²) < 4.78 is 19.3. The van der Waals surface area contributed by atoms with Crippen LogP contribution in [-0.2, 0) is 0 Å². The predicted molar refractivity (Wildman–Crippen MR) is 93.1 cm³/mol. The van der Waals surface area contributed by atoms with E-state index in [0.29, 0.717) is 6.61 Å². The number of benzene rings is 2. The first kappa shape index (κ1) is 14.8. The van der Waals surface area contributed by atoms with Crippen molar-refractivity contribution in [3.05, 3.63) is 29.6 Å². The van der Waals surface area contributed by atoms with Crippen molar-refractivity contribution in [2.24, 2.45) is 0 Å². The van der Waals surface area contributed by atoms with Gasteiger partial charge in [0.15, 0.2) is 17.1 Å². The van der Waals surface area contributed by atoms with E-state index in [0.717, 1.165) is 51.6 Å². The minimum Gasteiger partial charge on any atom is -0.490 e. The zero-order valence-corrected chi connectivity index (χ0v) is 14.3. The van der Waals surface area contributed by atoms with E-state index in [4.69, 9.17) is 18.9 Å². The summed E-state index contributed by atoms with van der Waals surface area (Å²) >= 11 is 0. The molecule has 1 aliphatic carbocycles. The number of ether oxygens (including phenoxy) is 2. The summed E-state index contributed by atoms with van der Waals surface area (Å²) in [4.78, 5) is 6.89. The average Bonchev–Trinajstić information content (AvgIpc) is 2.57. The molecule has 6 heteroatoms. The number of nitrogens with zero attached hydrogens (tertiary/aromatic N) is 3. The summed E-state index contributed by atoms with van der Waals surface area (Å²) in [6.07, 6.45) is 0. The van der Waals surface area contributed by atoms with Gasteiger partial charge >= 0.3 is 0 Å². The molecule has 0 amide bonds. The van der Waals surface area contributed by atoms with Crippen molar-refractivity contribution in [2.45, 2.75) is 0 Å². The quantitative estimate of drug-likeness (QED) is 0.504. The first-order chi connectivity index (χ1) is 11.6. The average molecular weight is 326 g/mol. The largest absolute Gasteiger partial charge is 0.490 e. The molecule has 124 valence electrons. The highest BCUT2D eigenvalue weighted by Gasteiger charge is 2.20. The molecule has 2 aliphatic heterocycles. The fourth-order valence-corrected chi connectivity index (χ4v) is 3.00. The number of methoxy groups -OCH3 is 1. The molecule has 0 spiro atoms. The molecule has 0 bridgehead atoms. The molecule has 6 nitrogen and oxygen atoms in total. The van der Waals surface area contributed by atoms with Gasteiger partial charge in [0.05, 0.1) is 25.4 Å². The van der Waals surface area contributed by atoms with E-state index in [2.05, 4.69) is 11.9 Å². The van der Waals surface area contributed by atoms with Crippen LogP contribution >= 0.6 is 0 Å². The number of aromatic nitrogens is 1. The predicted octanol–water partition coefficient (Wildman–Crippen LogP) is 1.80. The normalized spacial score (nSPS) is 13.8. The molecule has 0 aromatic heterocycles. The molecule has 0 unspecified atom stereocenters. The smallest absolute Gasteiger partial charge is 0.245 e. The van der Waals surface area contributed by atoms with Gasteiger partial charge in [0.25, 0.3) is 0 Å². The van der Waals surface area contributed by atoms with Crippen LogP contribution in [0.2, 0.25) is 0 Å². The van der Waals surface area contributed by atoms with Gasteiger partial charge < -0.3 is 18.8 Å². The number of rotatable bonds is 1. The third-order valence-corrected chi connectivity index (χ3v) is 4.34. The monoisotopic (exact) mass is 326 g/mol. The Balaban J connectivity index is 2.02. The molecule has 1 aromatic carbocycles. The molecule has 0 fully saturated rings. The number of hydrogen-bond acceptors (Lipinski definition) is 5. The second kappa shape index (κ2) is 5.40. The number of hydrogen-bond donors (Lipinski definition) is 0. The van der Waals surface area contributed by atoms with Crippen LogP contribution in [0, 0.1) is 0 Å². The Morgan fingerprint density at radius 1 is 1.21 bits per heavy atom. The second-order valence-electron chi connectivity index (χ2n) is 6.16. The van der Waals surface area contributed by atoms with E-state index >= 15 is 0 Å². The van der Waals surface area contributed by atoms with Crippen molar-refractivity contribution in [3.8, 4) is 23.0 Å². The standard InChI is InChI=1S/C18H20N3O3/c1-20(2)13-9-15-11(7-17(13)22-4)19-12-8-18-14(10-16(12)24-15)21(3)5-6-23-18/h7-10H,5-6H2,1-4H3/q+1. The van der Waals surface area contributed by atoms with Crippen LogP contribution in [0.15, 0.2) is 28.7 Å². The number of anilines is 1. The molecule has 3 aliphatic rings. The summed E-state index contributed by atoms with van der Waals surface area (Å²) in [5, 5.41) is 0.952. The Kier molecular flexibility index (Phi) is 3.33. The Labute approximate surface area is 139 Å². The molecule has 24 heavy (non-hydrogen) atoms. The molecule has 0 saturated heterocycles. The third kappa shape index (κ3) is 2.26.